The monoisotopic (exact) mass is 818 g/mol. The van der Waals surface area contributed by atoms with Crippen LogP contribution < -0.4 is 10.4 Å². The van der Waals surface area contributed by atoms with Crippen molar-refractivity contribution in [1.29, 1.82) is 0 Å². The second kappa shape index (κ2) is 14.5. The van der Waals surface area contributed by atoms with Gasteiger partial charge in [0.1, 0.15) is 50.9 Å². The number of aromatic hydroxyl groups is 2. The van der Waals surface area contributed by atoms with E-state index in [0.717, 1.165) is 38.5 Å². The summed E-state index contributed by atoms with van der Waals surface area (Å²) >= 11 is 0. The standard InChI is InChI=1S/C23H20F2O3Si.C23H18F2O3Si/c2*1-12-21(18(24)8-13(11-26)23(12)25)22-16-6-4-14(27)9-19(16)29(2,3)20-10-15(28)5-7-17(20)22/h4-10,26-27H,11H2,1-3H3;4-11,27H,1-3H3. The summed E-state index contributed by atoms with van der Waals surface area (Å²) in [6.07, 6.45) is 9.59. The maximum absolute atomic E-state index is 15.2. The summed E-state index contributed by atoms with van der Waals surface area (Å²) in [7, 11) is -4.76. The van der Waals surface area contributed by atoms with Crippen LogP contribution in [0.3, 0.4) is 0 Å². The van der Waals surface area contributed by atoms with Gasteiger partial charge < -0.3 is 15.3 Å². The fourth-order valence-electron chi connectivity index (χ4n) is 8.58. The average molecular weight is 819 g/mol. The molecule has 2 aliphatic heterocycles. The Morgan fingerprint density at radius 3 is 1.48 bits per heavy atom. The molecule has 6 nitrogen and oxygen atoms in total. The Kier molecular flexibility index (Phi) is 10.0. The number of hydrogen-bond donors (Lipinski definition) is 3. The number of fused-ring (bicyclic) bond motifs is 4. The Morgan fingerprint density at radius 2 is 1.05 bits per heavy atom. The van der Waals surface area contributed by atoms with Crippen LogP contribution >= 0.6 is 0 Å². The van der Waals surface area contributed by atoms with Crippen LogP contribution in [0.15, 0.2) is 107 Å². The van der Waals surface area contributed by atoms with Crippen LogP contribution in [-0.4, -0.2) is 49.3 Å². The van der Waals surface area contributed by atoms with Crippen LogP contribution in [0.1, 0.15) is 49.3 Å². The number of carbonyl (C=O) groups excluding carboxylic acids is 3. The first kappa shape index (κ1) is 40.2. The number of rotatable bonds is 4. The molecule has 0 radical (unpaired) electrons. The summed E-state index contributed by atoms with van der Waals surface area (Å²) in [4.78, 5) is 35.3. The van der Waals surface area contributed by atoms with E-state index >= 15 is 8.78 Å². The van der Waals surface area contributed by atoms with E-state index in [9.17, 15) is 38.5 Å². The average Bonchev–Trinajstić information content (AvgIpc) is 3.18. The molecule has 2 aliphatic carbocycles. The topological polar surface area (TPSA) is 112 Å². The lowest BCUT2D eigenvalue weighted by atomic mass is 9.86. The van der Waals surface area contributed by atoms with E-state index in [1.807, 2.05) is 0 Å². The summed E-state index contributed by atoms with van der Waals surface area (Å²) in [6.45, 7) is 10.6. The maximum atomic E-state index is 15.2. The SMILES string of the molecule is Cc1c(F)c(C=O)cc(F)c1C1=C2C=CC(=O)C=C2[Si](C)(C)c2cc(O)ccc21.Cc1c(F)c(CO)cc(F)c1C1=C2C=CC(=O)C=C2[Si](C)(C)c2cc(O)ccc21. The number of benzene rings is 4. The minimum atomic E-state index is -2.39. The lowest BCUT2D eigenvalue weighted by molar-refractivity contribution is -0.111. The van der Waals surface area contributed by atoms with Gasteiger partial charge in [0.25, 0.3) is 0 Å². The molecule has 0 saturated carbocycles. The predicted octanol–water partition coefficient (Wildman–Crippen LogP) is 7.93. The van der Waals surface area contributed by atoms with Crippen molar-refractivity contribution in [3.63, 3.8) is 0 Å². The minimum absolute atomic E-state index is 0.0275. The number of phenolic OH excluding ortho intramolecular Hbond substituents is 2. The zero-order valence-corrected chi connectivity index (χ0v) is 34.4. The molecule has 0 atom stereocenters. The normalized spacial score (nSPS) is 17.1. The van der Waals surface area contributed by atoms with Crippen molar-refractivity contribution in [3.8, 4) is 11.5 Å². The van der Waals surface area contributed by atoms with Crippen molar-refractivity contribution in [2.45, 2.75) is 46.6 Å². The molecule has 8 rings (SSSR count). The van der Waals surface area contributed by atoms with Gasteiger partial charge in [-0.3, -0.25) is 14.4 Å². The van der Waals surface area contributed by atoms with E-state index in [-0.39, 0.29) is 56.4 Å². The number of aldehydes is 1. The molecule has 0 bridgehead atoms. The Morgan fingerprint density at radius 1 is 0.621 bits per heavy atom. The molecule has 58 heavy (non-hydrogen) atoms. The molecule has 294 valence electrons. The van der Waals surface area contributed by atoms with Gasteiger partial charge in [-0.25, -0.2) is 17.6 Å². The van der Waals surface area contributed by atoms with Gasteiger partial charge in [0, 0.05) is 16.7 Å². The van der Waals surface area contributed by atoms with E-state index in [1.165, 1.54) is 38.1 Å². The molecular weight excluding hydrogens is 781 g/mol. The first-order valence-electron chi connectivity index (χ1n) is 18.4. The smallest absolute Gasteiger partial charge is 0.178 e. The van der Waals surface area contributed by atoms with E-state index in [0.29, 0.717) is 34.1 Å². The number of aliphatic hydroxyl groups excluding tert-OH is 1. The van der Waals surface area contributed by atoms with Gasteiger partial charge >= 0.3 is 0 Å². The Hall–Kier alpha value is -5.96. The predicted molar refractivity (Wildman–Crippen MR) is 220 cm³/mol. The van der Waals surface area contributed by atoms with Crippen LogP contribution in [0, 0.1) is 37.1 Å². The fraction of sp³-hybridized carbons (Fsp3) is 0.152. The van der Waals surface area contributed by atoms with Crippen LogP contribution in [0.5, 0.6) is 11.5 Å². The first-order chi connectivity index (χ1) is 27.3. The minimum Gasteiger partial charge on any atom is -0.508 e. The first-order valence-corrected chi connectivity index (χ1v) is 24.4. The van der Waals surface area contributed by atoms with Crippen LogP contribution in [0.2, 0.25) is 26.2 Å². The third-order valence-electron chi connectivity index (χ3n) is 11.6. The number of halogens is 4. The molecule has 0 spiro atoms. The van der Waals surface area contributed by atoms with Gasteiger partial charge in [-0.15, -0.1) is 0 Å². The molecular formula is C46H38F4O6Si2. The van der Waals surface area contributed by atoms with Gasteiger partial charge in [-0.05, 0) is 140 Å². The summed E-state index contributed by atoms with van der Waals surface area (Å²) in [5.41, 5.74) is 3.63. The molecule has 0 fully saturated rings. The zero-order chi connectivity index (χ0) is 42.2. The lowest BCUT2D eigenvalue weighted by Crippen LogP contribution is -2.49. The van der Waals surface area contributed by atoms with E-state index in [4.69, 9.17) is 0 Å². The van der Waals surface area contributed by atoms with Gasteiger partial charge in [-0.1, -0.05) is 50.5 Å². The number of phenols is 2. The highest BCUT2D eigenvalue weighted by atomic mass is 28.3. The number of allylic oxidation sites excluding steroid dienone is 10. The number of hydrogen-bond acceptors (Lipinski definition) is 6. The molecule has 0 unspecified atom stereocenters. The van der Waals surface area contributed by atoms with Crippen molar-refractivity contribution in [1.82, 2.24) is 0 Å². The molecule has 4 aromatic carbocycles. The second-order valence-corrected chi connectivity index (χ2v) is 24.4. The highest BCUT2D eigenvalue weighted by Crippen LogP contribution is 2.45. The van der Waals surface area contributed by atoms with Crippen molar-refractivity contribution in [3.05, 3.63) is 174 Å². The number of aliphatic hydroxyl groups is 1. The van der Waals surface area contributed by atoms with Gasteiger partial charge in [0.15, 0.2) is 17.9 Å². The quantitative estimate of drug-likeness (QED) is 0.110. The van der Waals surface area contributed by atoms with Crippen LogP contribution in [-0.2, 0) is 16.2 Å². The molecule has 4 aliphatic rings. The Balaban J connectivity index is 0.000000177. The number of carbonyl (C=O) groups is 3. The Bertz CT molecular complexity index is 2750. The third-order valence-corrected chi connectivity index (χ3v) is 18.6. The molecule has 0 saturated heterocycles. The van der Waals surface area contributed by atoms with Gasteiger partial charge in [0.05, 0.1) is 12.2 Å². The molecule has 2 heterocycles. The molecule has 12 heteroatoms. The summed E-state index contributed by atoms with van der Waals surface area (Å²) in [5, 5.41) is 32.8. The van der Waals surface area contributed by atoms with Crippen LogP contribution in [0.4, 0.5) is 17.6 Å². The van der Waals surface area contributed by atoms with Crippen molar-refractivity contribution in [2.24, 2.45) is 0 Å². The molecule has 0 amide bonds. The van der Waals surface area contributed by atoms with E-state index in [2.05, 4.69) is 26.2 Å². The van der Waals surface area contributed by atoms with Crippen molar-refractivity contribution >= 4 is 55.5 Å². The largest absolute Gasteiger partial charge is 0.508 e. The third kappa shape index (κ3) is 6.32. The second-order valence-electron chi connectivity index (χ2n) is 15.7. The van der Waals surface area contributed by atoms with Gasteiger partial charge in [-0.2, -0.15) is 0 Å². The fourth-order valence-corrected chi connectivity index (χ4v) is 14.7. The van der Waals surface area contributed by atoms with E-state index in [1.54, 1.807) is 48.6 Å². The molecule has 4 aromatic rings. The molecule has 0 aromatic heterocycles. The highest BCUT2D eigenvalue weighted by molar-refractivity contribution is 6.98. The maximum Gasteiger partial charge on any atom is 0.178 e. The van der Waals surface area contributed by atoms with Crippen molar-refractivity contribution < 1.29 is 47.3 Å². The highest BCUT2D eigenvalue weighted by Gasteiger charge is 2.42. The molecule has 3 N–H and O–H groups in total. The lowest BCUT2D eigenvalue weighted by Gasteiger charge is -2.37. The van der Waals surface area contributed by atoms with Gasteiger partial charge in [0.2, 0.25) is 0 Å². The van der Waals surface area contributed by atoms with Crippen molar-refractivity contribution in [2.75, 3.05) is 0 Å². The zero-order valence-electron chi connectivity index (χ0n) is 32.4. The number of ketones is 2. The summed E-state index contributed by atoms with van der Waals surface area (Å²) < 4.78 is 59.9. The van der Waals surface area contributed by atoms with E-state index < -0.39 is 46.0 Å². The summed E-state index contributed by atoms with van der Waals surface area (Å²) in [5.74, 6) is -2.92. The van der Waals surface area contributed by atoms with Crippen LogP contribution in [0.25, 0.3) is 11.1 Å². The Labute approximate surface area is 334 Å². The summed E-state index contributed by atoms with van der Waals surface area (Å²) in [6, 6.07) is 11.7.